The van der Waals surface area contributed by atoms with E-state index in [0.29, 0.717) is 57.8 Å². The number of hydrogen-bond acceptors (Lipinski definition) is 5. The summed E-state index contributed by atoms with van der Waals surface area (Å²) in [5.41, 5.74) is 3.67. The Morgan fingerprint density at radius 3 is 1.50 bits per heavy atom. The van der Waals surface area contributed by atoms with Crippen LogP contribution >= 0.6 is 0 Å². The Morgan fingerprint density at radius 2 is 1.13 bits per heavy atom. The van der Waals surface area contributed by atoms with E-state index in [1.54, 1.807) is 14.2 Å². The van der Waals surface area contributed by atoms with Gasteiger partial charge in [-0.2, -0.15) is 0 Å². The molecule has 1 aromatic carbocycles. The minimum atomic E-state index is -2.29. The van der Waals surface area contributed by atoms with Gasteiger partial charge in [0, 0.05) is 18.9 Å². The van der Waals surface area contributed by atoms with Crippen molar-refractivity contribution in [2.75, 3.05) is 20.8 Å². The first-order valence-electron chi connectivity index (χ1n) is 14.6. The Hall–Kier alpha value is -1.16. The molecule has 0 aromatic heterocycles. The molecule has 0 saturated heterocycles. The number of methoxy groups -OCH3 is 2. The number of hydrogen-bond donors (Lipinski definition) is 0. The average Bonchev–Trinajstić information content (AvgIpc) is 2.82. The van der Waals surface area contributed by atoms with Crippen LogP contribution in [0.4, 0.5) is 0 Å². The van der Waals surface area contributed by atoms with E-state index in [1.165, 1.54) is 0 Å². The van der Waals surface area contributed by atoms with E-state index in [1.807, 2.05) is 12.1 Å². The molecule has 0 aliphatic rings. The first-order chi connectivity index (χ1) is 17.7. The second-order valence-electron chi connectivity index (χ2n) is 12.8. The predicted molar refractivity (Wildman–Crippen MR) is 166 cm³/mol. The standard InChI is InChI=1S/C31H58O5Si2/c1-21(2)37(22(3)4,23(5)6)35-20-28(17-18-32)31(27-15-16-29(33-13)30(19-27)34-14)36-38(24(7)8,25(9)10)26(11)12/h15-16,18-19,21-26,28,31H,17,20H2,1-14H3/t28-,31-/m0/s1. The summed E-state index contributed by atoms with van der Waals surface area (Å²) in [5.74, 6) is 1.26. The van der Waals surface area contributed by atoms with Gasteiger partial charge in [-0.25, -0.2) is 0 Å². The zero-order chi connectivity index (χ0) is 29.4. The minimum absolute atomic E-state index is 0.100. The van der Waals surface area contributed by atoms with Gasteiger partial charge < -0.3 is 23.1 Å². The third kappa shape index (κ3) is 7.32. The van der Waals surface area contributed by atoms with E-state index in [0.717, 1.165) is 11.8 Å². The average molecular weight is 567 g/mol. The number of aldehydes is 1. The lowest BCUT2D eigenvalue weighted by atomic mass is 9.94. The molecule has 0 aliphatic heterocycles. The zero-order valence-corrected chi connectivity index (χ0v) is 28.9. The summed E-state index contributed by atoms with van der Waals surface area (Å²) < 4.78 is 25.8. The molecule has 0 unspecified atom stereocenters. The second-order valence-corrected chi connectivity index (χ2v) is 23.6. The molecule has 7 heteroatoms. The molecule has 0 saturated carbocycles. The molecule has 0 amide bonds. The molecule has 0 fully saturated rings. The number of benzene rings is 1. The fourth-order valence-corrected chi connectivity index (χ4v) is 18.3. The number of carbonyl (C=O) groups is 1. The molecular weight excluding hydrogens is 509 g/mol. The summed E-state index contributed by atoms with van der Waals surface area (Å²) in [6, 6.07) is 6.05. The van der Waals surface area contributed by atoms with Crippen LogP contribution in [0.5, 0.6) is 11.5 Å². The van der Waals surface area contributed by atoms with E-state index < -0.39 is 16.6 Å². The van der Waals surface area contributed by atoms with Gasteiger partial charge in [-0.3, -0.25) is 0 Å². The van der Waals surface area contributed by atoms with E-state index in [9.17, 15) is 4.79 Å². The molecule has 220 valence electrons. The highest BCUT2D eigenvalue weighted by Crippen LogP contribution is 2.49. The van der Waals surface area contributed by atoms with Gasteiger partial charge in [-0.1, -0.05) is 89.2 Å². The highest BCUT2D eigenvalue weighted by molar-refractivity contribution is 6.78. The van der Waals surface area contributed by atoms with Crippen LogP contribution in [0.3, 0.4) is 0 Å². The molecule has 5 nitrogen and oxygen atoms in total. The normalized spacial score (nSPS) is 14.7. The van der Waals surface area contributed by atoms with Gasteiger partial charge in [-0.15, -0.1) is 0 Å². The fourth-order valence-electron chi connectivity index (χ4n) is 7.25. The van der Waals surface area contributed by atoms with Crippen LogP contribution in [-0.4, -0.2) is 43.7 Å². The van der Waals surface area contributed by atoms with Crippen molar-refractivity contribution < 1.29 is 23.1 Å². The first kappa shape index (κ1) is 34.9. The van der Waals surface area contributed by atoms with Crippen LogP contribution in [0.2, 0.25) is 33.2 Å². The van der Waals surface area contributed by atoms with Crippen molar-refractivity contribution in [3.8, 4) is 11.5 Å². The van der Waals surface area contributed by atoms with Crippen LogP contribution in [0.15, 0.2) is 18.2 Å². The third-order valence-electron chi connectivity index (χ3n) is 8.86. The first-order valence-corrected chi connectivity index (χ1v) is 18.9. The molecule has 1 aromatic rings. The quantitative estimate of drug-likeness (QED) is 0.139. The fraction of sp³-hybridized carbons (Fsp3) is 0.774. The summed E-state index contributed by atoms with van der Waals surface area (Å²) in [7, 11) is -1.11. The molecule has 0 bridgehead atoms. The summed E-state index contributed by atoms with van der Waals surface area (Å²) >= 11 is 0. The molecule has 2 atom stereocenters. The Kier molecular flexibility index (Phi) is 13.8. The zero-order valence-electron chi connectivity index (χ0n) is 26.9. The molecule has 0 heterocycles. The molecule has 0 radical (unpaired) electrons. The van der Waals surface area contributed by atoms with Gasteiger partial charge in [-0.05, 0) is 50.9 Å². The lowest BCUT2D eigenvalue weighted by molar-refractivity contribution is -0.109. The number of rotatable bonds is 17. The summed E-state index contributed by atoms with van der Waals surface area (Å²) in [6.07, 6.45) is 1.14. The van der Waals surface area contributed by atoms with E-state index in [4.69, 9.17) is 18.3 Å². The van der Waals surface area contributed by atoms with Gasteiger partial charge in [0.2, 0.25) is 8.32 Å². The number of carbonyl (C=O) groups excluding carboxylic acids is 1. The lowest BCUT2D eigenvalue weighted by Gasteiger charge is -2.47. The number of ether oxygens (including phenoxy) is 2. The van der Waals surface area contributed by atoms with Crippen LogP contribution in [0.1, 0.15) is 101 Å². The van der Waals surface area contributed by atoms with Crippen molar-refractivity contribution in [3.63, 3.8) is 0 Å². The van der Waals surface area contributed by atoms with E-state index in [2.05, 4.69) is 89.2 Å². The molecule has 1 rings (SSSR count). The van der Waals surface area contributed by atoms with Crippen molar-refractivity contribution in [2.24, 2.45) is 5.92 Å². The van der Waals surface area contributed by atoms with Gasteiger partial charge in [0.25, 0.3) is 0 Å². The SMILES string of the molecule is COc1ccc([C@H](O[Si](C(C)C)(C(C)C)C(C)C)[C@@H](CC=O)CO[Si](C(C)C)(C(C)C)C(C)C)cc1OC. The van der Waals surface area contributed by atoms with Gasteiger partial charge in [0.15, 0.2) is 19.8 Å². The summed E-state index contributed by atoms with van der Waals surface area (Å²) in [4.78, 5) is 12.1. The van der Waals surface area contributed by atoms with Crippen molar-refractivity contribution in [3.05, 3.63) is 23.8 Å². The Bertz CT molecular complexity index is 807. The largest absolute Gasteiger partial charge is 0.493 e. The maximum absolute atomic E-state index is 12.1. The van der Waals surface area contributed by atoms with Crippen LogP contribution in [-0.2, 0) is 13.6 Å². The van der Waals surface area contributed by atoms with E-state index in [-0.39, 0.29) is 12.0 Å². The predicted octanol–water partition coefficient (Wildman–Crippen LogP) is 9.33. The van der Waals surface area contributed by atoms with Gasteiger partial charge in [0.05, 0.1) is 20.3 Å². The summed E-state index contributed by atoms with van der Waals surface area (Å²) in [5, 5.41) is 0. The van der Waals surface area contributed by atoms with Crippen LogP contribution < -0.4 is 9.47 Å². The smallest absolute Gasteiger partial charge is 0.201 e. The topological polar surface area (TPSA) is 54.0 Å². The maximum atomic E-state index is 12.1. The van der Waals surface area contributed by atoms with Crippen molar-refractivity contribution in [1.29, 1.82) is 0 Å². The highest BCUT2D eigenvalue weighted by atomic mass is 28.4. The lowest BCUT2D eigenvalue weighted by Crippen LogP contribution is -2.51. The second kappa shape index (κ2) is 15.0. The monoisotopic (exact) mass is 566 g/mol. The summed E-state index contributed by atoms with van der Waals surface area (Å²) in [6.45, 7) is 28.1. The van der Waals surface area contributed by atoms with Crippen molar-refractivity contribution >= 4 is 22.9 Å². The van der Waals surface area contributed by atoms with Crippen LogP contribution in [0.25, 0.3) is 0 Å². The minimum Gasteiger partial charge on any atom is -0.493 e. The third-order valence-corrected chi connectivity index (χ3v) is 21.0. The highest BCUT2D eigenvalue weighted by Gasteiger charge is 2.49. The van der Waals surface area contributed by atoms with Crippen molar-refractivity contribution in [1.82, 2.24) is 0 Å². The van der Waals surface area contributed by atoms with E-state index >= 15 is 0 Å². The molecule has 0 spiro atoms. The van der Waals surface area contributed by atoms with Gasteiger partial charge >= 0.3 is 0 Å². The van der Waals surface area contributed by atoms with Crippen LogP contribution in [0, 0.1) is 5.92 Å². The molecule has 38 heavy (non-hydrogen) atoms. The molecular formula is C31H58O5Si2. The Labute approximate surface area is 236 Å². The van der Waals surface area contributed by atoms with Gasteiger partial charge in [0.1, 0.15) is 6.29 Å². The Balaban J connectivity index is 3.77. The molecule has 0 N–H and O–H groups in total. The maximum Gasteiger partial charge on any atom is 0.201 e. The van der Waals surface area contributed by atoms with Crippen molar-refractivity contribution in [2.45, 2.75) is 129 Å². The Morgan fingerprint density at radius 1 is 0.684 bits per heavy atom. The molecule has 0 aliphatic carbocycles.